The molecule has 0 aliphatic rings. The van der Waals surface area contributed by atoms with E-state index in [9.17, 15) is 9.59 Å². The van der Waals surface area contributed by atoms with Crippen molar-refractivity contribution >= 4 is 51.4 Å². The third-order valence-electron chi connectivity index (χ3n) is 3.16. The predicted octanol–water partition coefficient (Wildman–Crippen LogP) is 4.15. The number of thioether (sulfide) groups is 1. The fraction of sp³-hybridized carbons (Fsp3) is 0.333. The number of amides is 1. The molecule has 0 aliphatic heterocycles. The number of hydrogen-bond donors (Lipinski definition) is 2. The standard InChI is InChI=1S/C15H16INO4S/c1-4-22-14-11(16)12(18)10-6-7(2)5-9(13(10)21-14)8(3)17-15(19)20/h5-6,8,17H,4H2,1-3H3,(H,19,20). The van der Waals surface area contributed by atoms with Crippen LogP contribution >= 0.6 is 34.4 Å². The first-order valence-electron chi connectivity index (χ1n) is 6.74. The Morgan fingerprint density at radius 2 is 2.18 bits per heavy atom. The minimum atomic E-state index is -1.11. The van der Waals surface area contributed by atoms with Gasteiger partial charge >= 0.3 is 6.09 Å². The average molecular weight is 433 g/mol. The highest BCUT2D eigenvalue weighted by atomic mass is 127. The Hall–Kier alpha value is -1.22. The summed E-state index contributed by atoms with van der Waals surface area (Å²) in [6.45, 7) is 5.58. The van der Waals surface area contributed by atoms with Crippen molar-refractivity contribution in [3.05, 3.63) is 37.1 Å². The van der Waals surface area contributed by atoms with Gasteiger partial charge in [-0.2, -0.15) is 0 Å². The highest BCUT2D eigenvalue weighted by Crippen LogP contribution is 2.30. The van der Waals surface area contributed by atoms with Crippen LogP contribution in [0.1, 0.15) is 31.0 Å². The number of nitrogens with one attached hydrogen (secondary N) is 1. The Balaban J connectivity index is 2.75. The molecule has 0 bridgehead atoms. The molecule has 1 amide bonds. The first-order valence-corrected chi connectivity index (χ1v) is 8.80. The molecular weight excluding hydrogens is 417 g/mol. The van der Waals surface area contributed by atoms with Crippen molar-refractivity contribution in [2.24, 2.45) is 0 Å². The molecule has 0 saturated carbocycles. The van der Waals surface area contributed by atoms with E-state index in [0.29, 0.717) is 25.2 Å². The number of carbonyl (C=O) groups is 1. The molecule has 1 atom stereocenters. The summed E-state index contributed by atoms with van der Waals surface area (Å²) < 4.78 is 6.49. The summed E-state index contributed by atoms with van der Waals surface area (Å²) in [4.78, 5) is 23.4. The van der Waals surface area contributed by atoms with Gasteiger partial charge in [0, 0.05) is 5.56 Å². The van der Waals surface area contributed by atoms with Crippen LogP contribution in [-0.2, 0) is 0 Å². The summed E-state index contributed by atoms with van der Waals surface area (Å²) >= 11 is 3.46. The quantitative estimate of drug-likeness (QED) is 0.560. The normalized spacial score (nSPS) is 12.4. The van der Waals surface area contributed by atoms with Gasteiger partial charge in [-0.05, 0) is 53.8 Å². The van der Waals surface area contributed by atoms with E-state index in [4.69, 9.17) is 9.52 Å². The molecule has 0 radical (unpaired) electrons. The molecule has 1 aromatic carbocycles. The average Bonchev–Trinajstić information content (AvgIpc) is 2.44. The first-order chi connectivity index (χ1) is 10.3. The molecule has 118 valence electrons. The van der Waals surface area contributed by atoms with Crippen LogP contribution in [-0.4, -0.2) is 17.0 Å². The maximum atomic E-state index is 12.6. The molecule has 0 aliphatic carbocycles. The van der Waals surface area contributed by atoms with E-state index in [1.54, 1.807) is 13.0 Å². The summed E-state index contributed by atoms with van der Waals surface area (Å²) in [6.07, 6.45) is -1.11. The smallest absolute Gasteiger partial charge is 0.405 e. The van der Waals surface area contributed by atoms with Crippen molar-refractivity contribution in [2.75, 3.05) is 5.75 Å². The maximum absolute atomic E-state index is 12.6. The Labute approximate surface area is 145 Å². The van der Waals surface area contributed by atoms with Crippen LogP contribution in [0.3, 0.4) is 0 Å². The van der Waals surface area contributed by atoms with E-state index in [-0.39, 0.29) is 5.43 Å². The molecule has 0 saturated heterocycles. The second kappa shape index (κ2) is 6.91. The first kappa shape index (κ1) is 17.1. The van der Waals surface area contributed by atoms with Gasteiger partial charge in [0.1, 0.15) is 9.15 Å². The molecule has 2 rings (SSSR count). The van der Waals surface area contributed by atoms with Gasteiger partial charge in [-0.1, -0.05) is 24.8 Å². The van der Waals surface area contributed by atoms with Crippen molar-refractivity contribution in [2.45, 2.75) is 31.9 Å². The summed E-state index contributed by atoms with van der Waals surface area (Å²) in [5.41, 5.74) is 1.93. The molecule has 1 unspecified atom stereocenters. The van der Waals surface area contributed by atoms with Crippen LogP contribution in [0.25, 0.3) is 11.0 Å². The lowest BCUT2D eigenvalue weighted by Crippen LogP contribution is -2.25. The number of aryl methyl sites for hydroxylation is 1. The monoisotopic (exact) mass is 433 g/mol. The molecule has 2 N–H and O–H groups in total. The summed E-state index contributed by atoms with van der Waals surface area (Å²) in [5.74, 6) is 0.786. The van der Waals surface area contributed by atoms with E-state index in [0.717, 1.165) is 11.3 Å². The molecule has 1 heterocycles. The van der Waals surface area contributed by atoms with Crippen molar-refractivity contribution in [3.63, 3.8) is 0 Å². The largest absolute Gasteiger partial charge is 0.465 e. The zero-order valence-electron chi connectivity index (χ0n) is 12.4. The van der Waals surface area contributed by atoms with Crippen LogP contribution in [0.4, 0.5) is 4.79 Å². The van der Waals surface area contributed by atoms with Crippen LogP contribution in [0.2, 0.25) is 0 Å². The van der Waals surface area contributed by atoms with Crippen molar-refractivity contribution < 1.29 is 14.3 Å². The third kappa shape index (κ3) is 3.40. The second-order valence-electron chi connectivity index (χ2n) is 4.87. The zero-order chi connectivity index (χ0) is 16.4. The fourth-order valence-corrected chi connectivity index (χ4v) is 3.73. The highest BCUT2D eigenvalue weighted by Gasteiger charge is 2.19. The van der Waals surface area contributed by atoms with E-state index in [1.807, 2.05) is 42.5 Å². The number of carboxylic acid groups (broad SMARTS) is 1. The fourth-order valence-electron chi connectivity index (χ4n) is 2.24. The van der Waals surface area contributed by atoms with Gasteiger partial charge < -0.3 is 14.8 Å². The van der Waals surface area contributed by atoms with Gasteiger partial charge in [0.15, 0.2) is 5.09 Å². The Kier molecular flexibility index (Phi) is 5.38. The SMILES string of the molecule is CCSc1oc2c(C(C)NC(=O)O)cc(C)cc2c(=O)c1I. The molecule has 1 aromatic heterocycles. The van der Waals surface area contributed by atoms with Gasteiger partial charge in [0.05, 0.1) is 11.4 Å². The molecule has 0 fully saturated rings. The van der Waals surface area contributed by atoms with E-state index in [1.165, 1.54) is 11.8 Å². The molecular formula is C15H16INO4S. The second-order valence-corrected chi connectivity index (χ2v) is 7.18. The molecule has 22 heavy (non-hydrogen) atoms. The minimum Gasteiger partial charge on any atom is -0.465 e. The van der Waals surface area contributed by atoms with E-state index in [2.05, 4.69) is 5.32 Å². The third-order valence-corrected chi connectivity index (χ3v) is 5.35. The number of rotatable bonds is 4. The van der Waals surface area contributed by atoms with Gasteiger partial charge in [0.25, 0.3) is 0 Å². The Bertz CT molecular complexity index is 787. The molecule has 5 nitrogen and oxygen atoms in total. The zero-order valence-corrected chi connectivity index (χ0v) is 15.4. The van der Waals surface area contributed by atoms with Crippen LogP contribution in [0.5, 0.6) is 0 Å². The Morgan fingerprint density at radius 1 is 1.50 bits per heavy atom. The number of fused-ring (bicyclic) bond motifs is 1. The lowest BCUT2D eigenvalue weighted by atomic mass is 10.0. The lowest BCUT2D eigenvalue weighted by Gasteiger charge is -2.15. The van der Waals surface area contributed by atoms with Crippen LogP contribution < -0.4 is 10.7 Å². The maximum Gasteiger partial charge on any atom is 0.405 e. The summed E-state index contributed by atoms with van der Waals surface area (Å²) in [5, 5.41) is 12.4. The van der Waals surface area contributed by atoms with Crippen molar-refractivity contribution in [1.29, 1.82) is 0 Å². The van der Waals surface area contributed by atoms with Gasteiger partial charge in [-0.15, -0.1) is 0 Å². The van der Waals surface area contributed by atoms with Crippen molar-refractivity contribution in [3.8, 4) is 0 Å². The molecule has 7 heteroatoms. The lowest BCUT2D eigenvalue weighted by molar-refractivity contribution is 0.191. The molecule has 0 spiro atoms. The van der Waals surface area contributed by atoms with Crippen LogP contribution in [0.15, 0.2) is 26.4 Å². The van der Waals surface area contributed by atoms with Gasteiger partial charge in [-0.25, -0.2) is 4.79 Å². The predicted molar refractivity (Wildman–Crippen MR) is 95.9 cm³/mol. The Morgan fingerprint density at radius 3 is 2.77 bits per heavy atom. The van der Waals surface area contributed by atoms with Crippen molar-refractivity contribution in [1.82, 2.24) is 5.32 Å². The number of halogens is 1. The van der Waals surface area contributed by atoms with E-state index < -0.39 is 12.1 Å². The number of hydrogen-bond acceptors (Lipinski definition) is 4. The highest BCUT2D eigenvalue weighted by molar-refractivity contribution is 14.1. The minimum absolute atomic E-state index is 0.0784. The summed E-state index contributed by atoms with van der Waals surface area (Å²) in [6, 6.07) is 3.16. The number of benzene rings is 1. The molecule has 2 aromatic rings. The van der Waals surface area contributed by atoms with Gasteiger partial charge in [-0.3, -0.25) is 4.79 Å². The van der Waals surface area contributed by atoms with Crippen LogP contribution in [0, 0.1) is 10.5 Å². The van der Waals surface area contributed by atoms with E-state index >= 15 is 0 Å². The summed E-state index contributed by atoms with van der Waals surface area (Å²) in [7, 11) is 0. The van der Waals surface area contributed by atoms with Gasteiger partial charge in [0.2, 0.25) is 5.43 Å². The topological polar surface area (TPSA) is 79.5 Å².